The Bertz CT molecular complexity index is 718. The second-order valence-corrected chi connectivity index (χ2v) is 6.65. The van der Waals surface area contributed by atoms with Crippen molar-refractivity contribution < 1.29 is 14.1 Å². The Balaban J connectivity index is 1.37. The predicted octanol–water partition coefficient (Wildman–Crippen LogP) is 1.92. The van der Waals surface area contributed by atoms with Gasteiger partial charge in [-0.25, -0.2) is 0 Å². The summed E-state index contributed by atoms with van der Waals surface area (Å²) in [7, 11) is 1.65. The van der Waals surface area contributed by atoms with Gasteiger partial charge in [0.05, 0.1) is 17.9 Å². The highest BCUT2D eigenvalue weighted by molar-refractivity contribution is 5.92. The first-order valence-electron chi connectivity index (χ1n) is 8.39. The number of amides is 1. The largest absolute Gasteiger partial charge is 0.384 e. The number of hydrogen-bond acceptors (Lipinski definition) is 5. The summed E-state index contributed by atoms with van der Waals surface area (Å²) in [5.41, 5.74) is 0.850. The van der Waals surface area contributed by atoms with Crippen LogP contribution in [0.3, 0.4) is 0 Å². The van der Waals surface area contributed by atoms with Crippen LogP contribution in [-0.4, -0.2) is 47.8 Å². The third kappa shape index (κ3) is 2.60. The molecule has 24 heavy (non-hydrogen) atoms. The fraction of sp³-hybridized carbons (Fsp3) is 0.500. The normalized spacial score (nSPS) is 19.1. The third-order valence-electron chi connectivity index (χ3n) is 5.02. The van der Waals surface area contributed by atoms with Crippen molar-refractivity contribution in [2.45, 2.75) is 30.6 Å². The Hall–Kier alpha value is -2.21. The highest BCUT2D eigenvalue weighted by atomic mass is 16.5. The number of carbonyl (C=O) groups excluding carboxylic acids is 1. The molecular weight excluding hydrogens is 306 g/mol. The molecule has 2 fully saturated rings. The standard InChI is InChI=1S/C18H21N3O3/c1-23-10-7-15-19-16(24-20-15)13-11-21(12-13)17(22)18(8-9-18)14-5-3-2-4-6-14/h2-6,13H,7-12H2,1H3. The molecule has 126 valence electrons. The van der Waals surface area contributed by atoms with E-state index < -0.39 is 0 Å². The van der Waals surface area contributed by atoms with Crippen molar-refractivity contribution in [1.82, 2.24) is 15.0 Å². The number of aromatic nitrogens is 2. The Morgan fingerprint density at radius 2 is 2.08 bits per heavy atom. The van der Waals surface area contributed by atoms with Crippen LogP contribution < -0.4 is 0 Å². The van der Waals surface area contributed by atoms with Gasteiger partial charge in [-0.1, -0.05) is 35.5 Å². The first-order valence-corrected chi connectivity index (χ1v) is 8.39. The molecule has 0 N–H and O–H groups in total. The van der Waals surface area contributed by atoms with Crippen LogP contribution in [0.25, 0.3) is 0 Å². The summed E-state index contributed by atoms with van der Waals surface area (Å²) in [6, 6.07) is 10.1. The molecule has 1 aliphatic heterocycles. The number of rotatable bonds is 6. The van der Waals surface area contributed by atoms with Crippen LogP contribution >= 0.6 is 0 Å². The molecule has 2 heterocycles. The summed E-state index contributed by atoms with van der Waals surface area (Å²) in [6.07, 6.45) is 2.53. The number of methoxy groups -OCH3 is 1. The molecule has 1 saturated heterocycles. The maximum absolute atomic E-state index is 12.9. The van der Waals surface area contributed by atoms with Crippen LogP contribution in [0, 0.1) is 0 Å². The van der Waals surface area contributed by atoms with E-state index >= 15 is 0 Å². The topological polar surface area (TPSA) is 68.5 Å². The molecule has 6 heteroatoms. The van der Waals surface area contributed by atoms with Gasteiger partial charge in [0.1, 0.15) is 0 Å². The average Bonchev–Trinajstić information content (AvgIpc) is 3.27. The molecule has 1 aliphatic carbocycles. The minimum Gasteiger partial charge on any atom is -0.384 e. The van der Waals surface area contributed by atoms with Crippen LogP contribution in [0.4, 0.5) is 0 Å². The van der Waals surface area contributed by atoms with Crippen LogP contribution in [-0.2, 0) is 21.4 Å². The van der Waals surface area contributed by atoms with Crippen molar-refractivity contribution in [1.29, 1.82) is 0 Å². The van der Waals surface area contributed by atoms with E-state index in [2.05, 4.69) is 22.3 Å². The average molecular weight is 327 g/mol. The predicted molar refractivity (Wildman–Crippen MR) is 86.6 cm³/mol. The van der Waals surface area contributed by atoms with Crippen LogP contribution in [0.2, 0.25) is 0 Å². The molecule has 2 aromatic rings. The van der Waals surface area contributed by atoms with Gasteiger partial charge in [-0.3, -0.25) is 4.79 Å². The van der Waals surface area contributed by atoms with Crippen molar-refractivity contribution in [3.05, 3.63) is 47.6 Å². The SMILES string of the molecule is COCCc1noc(C2CN(C(=O)C3(c4ccccc4)CC3)C2)n1. The van der Waals surface area contributed by atoms with Gasteiger partial charge in [-0.2, -0.15) is 4.98 Å². The van der Waals surface area contributed by atoms with Gasteiger partial charge < -0.3 is 14.2 Å². The van der Waals surface area contributed by atoms with E-state index in [0.29, 0.717) is 37.8 Å². The second kappa shape index (κ2) is 6.02. The van der Waals surface area contributed by atoms with Crippen molar-refractivity contribution in [2.24, 2.45) is 0 Å². The molecule has 0 radical (unpaired) electrons. The number of benzene rings is 1. The number of likely N-dealkylation sites (tertiary alicyclic amines) is 1. The summed E-state index contributed by atoms with van der Waals surface area (Å²) in [5, 5.41) is 3.97. The number of hydrogen-bond donors (Lipinski definition) is 0. The van der Waals surface area contributed by atoms with Crippen LogP contribution in [0.15, 0.2) is 34.9 Å². The lowest BCUT2D eigenvalue weighted by atomic mass is 9.90. The summed E-state index contributed by atoms with van der Waals surface area (Å²) in [6.45, 7) is 1.91. The molecular formula is C18H21N3O3. The molecule has 4 rings (SSSR count). The lowest BCUT2D eigenvalue weighted by molar-refractivity contribution is -0.138. The zero-order valence-corrected chi connectivity index (χ0v) is 13.8. The second-order valence-electron chi connectivity index (χ2n) is 6.65. The first kappa shape index (κ1) is 15.3. The molecule has 1 saturated carbocycles. The van der Waals surface area contributed by atoms with Gasteiger partial charge in [0.15, 0.2) is 5.82 Å². The fourth-order valence-electron chi connectivity index (χ4n) is 3.34. The molecule has 0 spiro atoms. The Labute approximate surface area is 140 Å². The van der Waals surface area contributed by atoms with E-state index in [9.17, 15) is 4.79 Å². The van der Waals surface area contributed by atoms with Gasteiger partial charge in [0.25, 0.3) is 0 Å². The maximum Gasteiger partial charge on any atom is 0.233 e. The third-order valence-corrected chi connectivity index (χ3v) is 5.02. The molecule has 1 aromatic carbocycles. The molecule has 0 atom stereocenters. The lowest BCUT2D eigenvalue weighted by Crippen LogP contribution is -2.52. The molecule has 2 aliphatic rings. The minimum absolute atomic E-state index is 0.157. The van der Waals surface area contributed by atoms with Crippen LogP contribution in [0.5, 0.6) is 0 Å². The van der Waals surface area contributed by atoms with E-state index in [0.717, 1.165) is 18.4 Å². The van der Waals surface area contributed by atoms with Gasteiger partial charge >= 0.3 is 0 Å². The van der Waals surface area contributed by atoms with Gasteiger partial charge in [-0.05, 0) is 18.4 Å². The quantitative estimate of drug-likeness (QED) is 0.811. The molecule has 1 aromatic heterocycles. The van der Waals surface area contributed by atoms with Gasteiger partial charge in [0, 0.05) is 26.6 Å². The van der Waals surface area contributed by atoms with Gasteiger partial charge in [-0.15, -0.1) is 0 Å². The molecule has 1 amide bonds. The monoisotopic (exact) mass is 327 g/mol. The fourth-order valence-corrected chi connectivity index (χ4v) is 3.34. The minimum atomic E-state index is -0.287. The lowest BCUT2D eigenvalue weighted by Gasteiger charge is -2.39. The summed E-state index contributed by atoms with van der Waals surface area (Å²) < 4.78 is 10.3. The summed E-state index contributed by atoms with van der Waals surface area (Å²) in [5.74, 6) is 1.70. The van der Waals surface area contributed by atoms with E-state index in [1.165, 1.54) is 0 Å². The summed E-state index contributed by atoms with van der Waals surface area (Å²) in [4.78, 5) is 19.2. The van der Waals surface area contributed by atoms with Crippen molar-refractivity contribution in [2.75, 3.05) is 26.8 Å². The van der Waals surface area contributed by atoms with Gasteiger partial charge in [0.2, 0.25) is 11.8 Å². The number of carbonyl (C=O) groups is 1. The number of nitrogens with zero attached hydrogens (tertiary/aromatic N) is 3. The first-order chi connectivity index (χ1) is 11.7. The Morgan fingerprint density at radius 3 is 2.75 bits per heavy atom. The highest BCUT2D eigenvalue weighted by Gasteiger charge is 2.55. The van der Waals surface area contributed by atoms with E-state index in [-0.39, 0.29) is 17.2 Å². The zero-order valence-electron chi connectivity index (χ0n) is 13.8. The van der Waals surface area contributed by atoms with Crippen molar-refractivity contribution in [3.8, 4) is 0 Å². The van der Waals surface area contributed by atoms with Crippen molar-refractivity contribution >= 4 is 5.91 Å². The van der Waals surface area contributed by atoms with E-state index in [1.807, 2.05) is 23.1 Å². The highest BCUT2D eigenvalue weighted by Crippen LogP contribution is 2.50. The van der Waals surface area contributed by atoms with Crippen LogP contribution in [0.1, 0.15) is 36.0 Å². The summed E-state index contributed by atoms with van der Waals surface area (Å²) >= 11 is 0. The molecule has 0 bridgehead atoms. The molecule has 6 nitrogen and oxygen atoms in total. The zero-order chi connectivity index (χ0) is 16.6. The Kier molecular flexibility index (Phi) is 3.84. The van der Waals surface area contributed by atoms with E-state index in [1.54, 1.807) is 7.11 Å². The van der Waals surface area contributed by atoms with E-state index in [4.69, 9.17) is 9.26 Å². The van der Waals surface area contributed by atoms with Crippen molar-refractivity contribution in [3.63, 3.8) is 0 Å². The number of ether oxygens (including phenoxy) is 1. The maximum atomic E-state index is 12.9. The molecule has 0 unspecified atom stereocenters. The smallest absolute Gasteiger partial charge is 0.233 e. The Morgan fingerprint density at radius 1 is 1.33 bits per heavy atom.